The Morgan fingerprint density at radius 2 is 2.57 bits per heavy atom. The van der Waals surface area contributed by atoms with Gasteiger partial charge in [0, 0.05) is 22.9 Å². The summed E-state index contributed by atoms with van der Waals surface area (Å²) in [6, 6.07) is 0. The highest BCUT2D eigenvalue weighted by molar-refractivity contribution is 14.1. The van der Waals surface area contributed by atoms with Crippen LogP contribution in [0.4, 0.5) is 0 Å². The molecular formula is C2H7IN2S2. The van der Waals surface area contributed by atoms with Crippen molar-refractivity contribution in [3.63, 3.8) is 0 Å². The van der Waals surface area contributed by atoms with Crippen molar-refractivity contribution in [1.29, 1.82) is 0 Å². The quantitative estimate of drug-likeness (QED) is 0.258. The molecule has 5 heteroatoms. The molecule has 0 aliphatic rings. The van der Waals surface area contributed by atoms with Gasteiger partial charge in [0.2, 0.25) is 0 Å². The zero-order valence-electron chi connectivity index (χ0n) is 3.89. The van der Waals surface area contributed by atoms with E-state index in [1.165, 1.54) is 0 Å². The van der Waals surface area contributed by atoms with Gasteiger partial charge < -0.3 is 0 Å². The van der Waals surface area contributed by atoms with E-state index in [-0.39, 0.29) is 0 Å². The van der Waals surface area contributed by atoms with Crippen LogP contribution in [-0.4, -0.2) is 16.0 Å². The summed E-state index contributed by atoms with van der Waals surface area (Å²) in [5.74, 6) is 0.948. The van der Waals surface area contributed by atoms with Crippen LogP contribution in [0.2, 0.25) is 0 Å². The maximum Gasteiger partial charge on any atom is 0.0688 e. The Bertz CT molecular complexity index is 42.7. The summed E-state index contributed by atoms with van der Waals surface area (Å²) in [4.78, 5) is 0. The van der Waals surface area contributed by atoms with Crippen LogP contribution >= 0.6 is 47.6 Å². The molecule has 0 atom stereocenters. The fourth-order valence-corrected chi connectivity index (χ4v) is 0.944. The Morgan fingerprint density at radius 3 is 2.71 bits per heavy atom. The first-order valence-corrected chi connectivity index (χ1v) is 4.05. The van der Waals surface area contributed by atoms with Crippen molar-refractivity contribution < 1.29 is 0 Å². The van der Waals surface area contributed by atoms with Crippen molar-refractivity contribution >= 4 is 47.6 Å². The maximum atomic E-state index is 3.78. The van der Waals surface area contributed by atoms with Gasteiger partial charge >= 0.3 is 0 Å². The van der Waals surface area contributed by atoms with E-state index < -0.39 is 0 Å². The average molecular weight is 250 g/mol. The van der Waals surface area contributed by atoms with Gasteiger partial charge in [-0.2, -0.15) is 0 Å². The molecule has 0 aromatic carbocycles. The van der Waals surface area contributed by atoms with Crippen molar-refractivity contribution in [1.82, 2.24) is 7.24 Å². The Morgan fingerprint density at radius 1 is 2.00 bits per heavy atom. The molecule has 7 heavy (non-hydrogen) atoms. The minimum atomic E-state index is 0.948. The monoisotopic (exact) mass is 250 g/mol. The summed E-state index contributed by atoms with van der Waals surface area (Å²) >= 11 is 7.53. The second-order valence-electron chi connectivity index (χ2n) is 0.970. The third-order valence-electron chi connectivity index (χ3n) is 0.307. The number of halogens is 1. The molecule has 2 nitrogen and oxygen atoms in total. The first kappa shape index (κ1) is 8.35. The standard InChI is InChI=1S/C2H7IN2S2/c1-5(3)2-7-4-6/h4,6H,2H2,1H3. The number of nitrogens with zero attached hydrogens (tertiary/aromatic N) is 1. The largest absolute Gasteiger partial charge is 0.239 e. The molecule has 0 aliphatic carbocycles. The predicted octanol–water partition coefficient (Wildman–Crippen LogP) is 1.31. The Kier molecular flexibility index (Phi) is 6.54. The first-order chi connectivity index (χ1) is 3.27. The van der Waals surface area contributed by atoms with Crippen LogP contribution in [0, 0.1) is 0 Å². The van der Waals surface area contributed by atoms with Gasteiger partial charge in [-0.05, 0) is 7.05 Å². The molecule has 0 aromatic rings. The van der Waals surface area contributed by atoms with E-state index in [0.29, 0.717) is 0 Å². The third-order valence-corrected chi connectivity index (χ3v) is 2.14. The van der Waals surface area contributed by atoms with E-state index in [0.717, 1.165) is 5.88 Å². The van der Waals surface area contributed by atoms with Gasteiger partial charge in [-0.3, -0.25) is 0 Å². The number of rotatable bonds is 3. The van der Waals surface area contributed by atoms with E-state index in [4.69, 9.17) is 0 Å². The molecule has 0 aromatic heterocycles. The van der Waals surface area contributed by atoms with Crippen molar-refractivity contribution in [2.24, 2.45) is 0 Å². The normalized spacial score (nSPS) is 10.3. The molecule has 0 heterocycles. The third kappa shape index (κ3) is 7.35. The highest BCUT2D eigenvalue weighted by atomic mass is 127. The molecule has 0 saturated carbocycles. The van der Waals surface area contributed by atoms with Crippen LogP contribution in [-0.2, 0) is 0 Å². The Labute approximate surface area is 67.6 Å². The molecule has 0 saturated heterocycles. The van der Waals surface area contributed by atoms with Crippen molar-refractivity contribution in [3.8, 4) is 0 Å². The van der Waals surface area contributed by atoms with Gasteiger partial charge in [0.1, 0.15) is 0 Å². The zero-order chi connectivity index (χ0) is 5.70. The molecule has 0 rings (SSSR count). The summed E-state index contributed by atoms with van der Waals surface area (Å²) in [5.41, 5.74) is 0. The molecule has 44 valence electrons. The highest BCUT2D eigenvalue weighted by Gasteiger charge is 1.86. The van der Waals surface area contributed by atoms with Gasteiger partial charge in [0.25, 0.3) is 0 Å². The van der Waals surface area contributed by atoms with E-state index in [1.54, 1.807) is 11.9 Å². The fourth-order valence-electron chi connectivity index (χ4n) is 0.118. The summed E-state index contributed by atoms with van der Waals surface area (Å²) in [5, 5.41) is 0. The van der Waals surface area contributed by atoms with Crippen LogP contribution in [0.3, 0.4) is 0 Å². The van der Waals surface area contributed by atoms with Gasteiger partial charge in [0.05, 0.1) is 5.88 Å². The number of hydrogen-bond donors (Lipinski definition) is 2. The highest BCUT2D eigenvalue weighted by Crippen LogP contribution is 2.01. The minimum Gasteiger partial charge on any atom is -0.239 e. The fraction of sp³-hybridized carbons (Fsp3) is 1.00. The lowest BCUT2D eigenvalue weighted by Gasteiger charge is -2.02. The predicted molar refractivity (Wildman–Crippen MR) is 46.4 cm³/mol. The molecule has 0 radical (unpaired) electrons. The van der Waals surface area contributed by atoms with Crippen LogP contribution in [0.15, 0.2) is 0 Å². The van der Waals surface area contributed by atoms with Crippen molar-refractivity contribution in [2.75, 3.05) is 12.9 Å². The molecule has 0 unspecified atom stereocenters. The molecule has 0 aliphatic heterocycles. The zero-order valence-corrected chi connectivity index (χ0v) is 7.76. The molecule has 0 spiro atoms. The van der Waals surface area contributed by atoms with Crippen LogP contribution in [0.5, 0.6) is 0 Å². The van der Waals surface area contributed by atoms with E-state index in [9.17, 15) is 0 Å². The second kappa shape index (κ2) is 5.49. The van der Waals surface area contributed by atoms with Crippen LogP contribution in [0.1, 0.15) is 0 Å². The van der Waals surface area contributed by atoms with Crippen LogP contribution in [0.25, 0.3) is 0 Å². The molecular weight excluding hydrogens is 243 g/mol. The summed E-state index contributed by atoms with van der Waals surface area (Å²) in [7, 11) is 2.00. The molecule has 0 amide bonds. The molecule has 0 fully saturated rings. The van der Waals surface area contributed by atoms with Gasteiger partial charge in [0.15, 0.2) is 0 Å². The SMILES string of the molecule is CN(I)CSNS. The molecule has 1 N–H and O–H groups in total. The Hall–Kier alpha value is 1.35. The smallest absolute Gasteiger partial charge is 0.0688 e. The van der Waals surface area contributed by atoms with E-state index in [2.05, 4.69) is 39.8 Å². The lowest BCUT2D eigenvalue weighted by Crippen LogP contribution is -2.03. The van der Waals surface area contributed by atoms with E-state index in [1.807, 2.05) is 10.2 Å². The summed E-state index contributed by atoms with van der Waals surface area (Å²) < 4.78 is 4.70. The summed E-state index contributed by atoms with van der Waals surface area (Å²) in [6.45, 7) is 0. The van der Waals surface area contributed by atoms with Crippen LogP contribution < -0.4 is 4.13 Å². The van der Waals surface area contributed by atoms with Gasteiger partial charge in [-0.1, -0.05) is 24.8 Å². The maximum absolute atomic E-state index is 3.78. The number of hydrogen-bond acceptors (Lipinski definition) is 4. The lowest BCUT2D eigenvalue weighted by molar-refractivity contribution is 0.731. The van der Waals surface area contributed by atoms with E-state index >= 15 is 0 Å². The average Bonchev–Trinajstić information content (AvgIpc) is 1.61. The van der Waals surface area contributed by atoms with Crippen molar-refractivity contribution in [2.45, 2.75) is 0 Å². The minimum absolute atomic E-state index is 0.948. The molecule has 0 bridgehead atoms. The summed E-state index contributed by atoms with van der Waals surface area (Å²) in [6.07, 6.45) is 0. The Balaban J connectivity index is 2.68. The lowest BCUT2D eigenvalue weighted by atomic mass is 11.3. The van der Waals surface area contributed by atoms with Gasteiger partial charge in [-0.15, -0.1) is 0 Å². The van der Waals surface area contributed by atoms with Gasteiger partial charge in [-0.25, -0.2) is 7.24 Å². The topological polar surface area (TPSA) is 15.3 Å². The number of nitrogens with one attached hydrogen (secondary N) is 1. The second-order valence-corrected chi connectivity index (χ2v) is 3.89. The van der Waals surface area contributed by atoms with Crippen molar-refractivity contribution in [3.05, 3.63) is 0 Å². The number of thiol groups is 1. The first-order valence-electron chi connectivity index (χ1n) is 1.65.